The number of thioether (sulfide) groups is 1. The summed E-state index contributed by atoms with van der Waals surface area (Å²) in [6.45, 7) is 1.77. The van der Waals surface area contributed by atoms with Crippen LogP contribution in [-0.4, -0.2) is 41.4 Å². The molecule has 0 aliphatic carbocycles. The summed E-state index contributed by atoms with van der Waals surface area (Å²) in [5, 5.41) is 4.17. The Bertz CT molecular complexity index is 529. The molecule has 1 aromatic rings. The van der Waals surface area contributed by atoms with Crippen LogP contribution >= 0.6 is 36.6 Å². The number of hydrogen-bond acceptors (Lipinski definition) is 4. The van der Waals surface area contributed by atoms with Gasteiger partial charge in [-0.25, -0.2) is 8.78 Å². The van der Waals surface area contributed by atoms with Crippen molar-refractivity contribution in [3.05, 3.63) is 29.8 Å². The van der Waals surface area contributed by atoms with Crippen LogP contribution in [0.2, 0.25) is 0 Å². The molecular weight excluding hydrogens is 351 g/mol. The fourth-order valence-corrected chi connectivity index (χ4v) is 3.32. The van der Waals surface area contributed by atoms with Gasteiger partial charge in [0, 0.05) is 31.0 Å². The van der Waals surface area contributed by atoms with E-state index in [1.54, 1.807) is 11.8 Å². The molecule has 3 nitrogen and oxygen atoms in total. The van der Waals surface area contributed by atoms with E-state index in [9.17, 15) is 8.78 Å². The number of halogens is 4. The van der Waals surface area contributed by atoms with E-state index >= 15 is 0 Å². The summed E-state index contributed by atoms with van der Waals surface area (Å²) in [6.07, 6.45) is -0.00968. The van der Waals surface area contributed by atoms with E-state index in [2.05, 4.69) is 16.4 Å². The van der Waals surface area contributed by atoms with Crippen molar-refractivity contribution in [3.63, 3.8) is 0 Å². The zero-order chi connectivity index (χ0) is 14.0. The topological polar surface area (TPSA) is 27.6 Å². The van der Waals surface area contributed by atoms with Crippen LogP contribution in [0.3, 0.4) is 0 Å². The number of hydrogen-bond donors (Lipinski definition) is 1. The van der Waals surface area contributed by atoms with Gasteiger partial charge in [0.25, 0.3) is 5.92 Å². The lowest BCUT2D eigenvalue weighted by Gasteiger charge is -2.19. The van der Waals surface area contributed by atoms with Gasteiger partial charge in [0.1, 0.15) is 0 Å². The largest absolute Gasteiger partial charge is 0.335 e. The summed E-state index contributed by atoms with van der Waals surface area (Å²) < 4.78 is 26.1. The summed E-state index contributed by atoms with van der Waals surface area (Å²) in [5.74, 6) is -1.71. The molecule has 1 saturated heterocycles. The minimum atomic E-state index is -2.50. The van der Waals surface area contributed by atoms with E-state index in [1.807, 2.05) is 23.1 Å². The maximum Gasteiger partial charge on any atom is 0.261 e. The molecule has 1 fully saturated rings. The highest BCUT2D eigenvalue weighted by Crippen LogP contribution is 2.27. The Hall–Kier alpha value is -0.560. The summed E-state index contributed by atoms with van der Waals surface area (Å²) >= 11 is 1.60. The molecule has 0 aromatic heterocycles. The zero-order valence-corrected chi connectivity index (χ0v) is 14.4. The molecule has 8 heteroatoms. The molecule has 124 valence electrons. The molecule has 0 bridgehead atoms. The van der Waals surface area contributed by atoms with E-state index in [0.717, 1.165) is 16.6 Å². The highest BCUT2D eigenvalue weighted by atomic mass is 35.5. The van der Waals surface area contributed by atoms with Crippen LogP contribution in [-0.2, 0) is 6.54 Å². The molecule has 0 spiro atoms. The third-order valence-corrected chi connectivity index (χ3v) is 4.44. The summed E-state index contributed by atoms with van der Waals surface area (Å²) in [5.41, 5.74) is 2.29. The second kappa shape index (κ2) is 8.34. The first-order chi connectivity index (χ1) is 9.62. The quantitative estimate of drug-likeness (QED) is 0.875. The van der Waals surface area contributed by atoms with Crippen LogP contribution in [0.15, 0.2) is 29.3 Å². The summed E-state index contributed by atoms with van der Waals surface area (Å²) in [4.78, 5) is 6.29. The van der Waals surface area contributed by atoms with Crippen molar-refractivity contribution in [3.8, 4) is 0 Å². The first-order valence-corrected chi connectivity index (χ1v) is 7.73. The van der Waals surface area contributed by atoms with Crippen molar-refractivity contribution < 1.29 is 8.78 Å². The number of nitrogens with one attached hydrogen (secondary N) is 1. The van der Waals surface area contributed by atoms with E-state index < -0.39 is 5.92 Å². The Morgan fingerprint density at radius 2 is 2.05 bits per heavy atom. The molecule has 0 unspecified atom stereocenters. The number of likely N-dealkylation sites (tertiary alicyclic amines) is 1. The molecule has 2 aliphatic rings. The first-order valence-electron chi connectivity index (χ1n) is 6.75. The summed E-state index contributed by atoms with van der Waals surface area (Å²) in [7, 11) is 0. The van der Waals surface area contributed by atoms with Gasteiger partial charge in [-0.1, -0.05) is 30.0 Å². The number of rotatable bonds is 3. The Kier molecular flexibility index (Phi) is 7.38. The minimum absolute atomic E-state index is 0. The van der Waals surface area contributed by atoms with Gasteiger partial charge < -0.3 is 5.32 Å². The van der Waals surface area contributed by atoms with Crippen molar-refractivity contribution in [1.29, 1.82) is 0 Å². The predicted octanol–water partition coefficient (Wildman–Crippen LogP) is 3.89. The molecule has 0 saturated carbocycles. The van der Waals surface area contributed by atoms with Gasteiger partial charge in [-0.3, -0.25) is 9.89 Å². The number of fused-ring (bicyclic) bond motifs is 1. The lowest BCUT2D eigenvalue weighted by atomic mass is 10.1. The number of aliphatic imine (C=N–C) groups is 1. The van der Waals surface area contributed by atoms with Gasteiger partial charge in [0.2, 0.25) is 0 Å². The number of amidine groups is 1. The Morgan fingerprint density at radius 3 is 2.77 bits per heavy atom. The highest BCUT2D eigenvalue weighted by Gasteiger charge is 2.37. The van der Waals surface area contributed by atoms with Gasteiger partial charge in [-0.05, 0) is 11.6 Å². The first kappa shape index (κ1) is 19.5. The summed E-state index contributed by atoms with van der Waals surface area (Å²) in [6, 6.07) is 8.08. The van der Waals surface area contributed by atoms with E-state index in [1.165, 1.54) is 5.56 Å². The molecule has 0 radical (unpaired) electrons. The average Bonchev–Trinajstić information content (AvgIpc) is 2.78. The number of nitrogens with zero attached hydrogens (tertiary/aromatic N) is 2. The molecule has 1 aromatic carbocycles. The molecular formula is C14H19Cl2F2N3S. The Morgan fingerprint density at radius 1 is 1.27 bits per heavy atom. The standard InChI is InChI=1S/C14H17F2N3S.2ClH/c15-14(16)5-6-19(10-14)7-8-20-13-17-9-11-3-1-2-4-12(11)18-13;;/h1-4H,5-10H2,(H,17,18);2*1H. The predicted molar refractivity (Wildman–Crippen MR) is 94.2 cm³/mol. The zero-order valence-electron chi connectivity index (χ0n) is 11.9. The lowest BCUT2D eigenvalue weighted by molar-refractivity contribution is 0.0128. The van der Waals surface area contributed by atoms with Crippen LogP contribution in [0.1, 0.15) is 12.0 Å². The number of anilines is 1. The maximum absolute atomic E-state index is 13.1. The minimum Gasteiger partial charge on any atom is -0.335 e. The van der Waals surface area contributed by atoms with E-state index in [0.29, 0.717) is 19.6 Å². The fourth-order valence-electron chi connectivity index (χ4n) is 2.44. The fraction of sp³-hybridized carbons (Fsp3) is 0.500. The van der Waals surface area contributed by atoms with Crippen LogP contribution in [0, 0.1) is 0 Å². The number of alkyl halides is 2. The van der Waals surface area contributed by atoms with Gasteiger partial charge in [-0.2, -0.15) is 0 Å². The van der Waals surface area contributed by atoms with Crippen molar-refractivity contribution in [2.75, 3.05) is 30.7 Å². The molecule has 2 heterocycles. The van der Waals surface area contributed by atoms with E-state index in [4.69, 9.17) is 0 Å². The van der Waals surface area contributed by atoms with Crippen molar-refractivity contribution in [2.24, 2.45) is 4.99 Å². The van der Waals surface area contributed by atoms with Gasteiger partial charge in [0.15, 0.2) is 5.17 Å². The second-order valence-electron chi connectivity index (χ2n) is 5.13. The van der Waals surface area contributed by atoms with Gasteiger partial charge >= 0.3 is 0 Å². The molecule has 3 rings (SSSR count). The maximum atomic E-state index is 13.1. The van der Waals surface area contributed by atoms with Crippen LogP contribution < -0.4 is 5.32 Å². The van der Waals surface area contributed by atoms with Crippen LogP contribution in [0.25, 0.3) is 0 Å². The monoisotopic (exact) mass is 369 g/mol. The van der Waals surface area contributed by atoms with Crippen LogP contribution in [0.5, 0.6) is 0 Å². The third-order valence-electron chi connectivity index (χ3n) is 3.55. The number of benzene rings is 1. The van der Waals surface area contributed by atoms with Crippen molar-refractivity contribution in [2.45, 2.75) is 18.9 Å². The van der Waals surface area contributed by atoms with Crippen LogP contribution in [0.4, 0.5) is 14.5 Å². The van der Waals surface area contributed by atoms with Crippen molar-refractivity contribution in [1.82, 2.24) is 4.90 Å². The smallest absolute Gasteiger partial charge is 0.261 e. The SMILES string of the molecule is Cl.Cl.FC1(F)CCN(CCSC2=NCc3ccccc3N2)C1. The molecule has 0 amide bonds. The van der Waals surface area contributed by atoms with Gasteiger partial charge in [-0.15, -0.1) is 24.8 Å². The number of para-hydroxylation sites is 1. The van der Waals surface area contributed by atoms with Crippen molar-refractivity contribution >= 4 is 47.4 Å². The average molecular weight is 370 g/mol. The molecule has 0 atom stereocenters. The Balaban J connectivity index is 0.00000121. The highest BCUT2D eigenvalue weighted by molar-refractivity contribution is 8.14. The molecule has 22 heavy (non-hydrogen) atoms. The van der Waals surface area contributed by atoms with Gasteiger partial charge in [0.05, 0.1) is 13.1 Å². The molecule has 2 aliphatic heterocycles. The second-order valence-corrected chi connectivity index (χ2v) is 6.22. The normalized spacial score (nSPS) is 19.3. The molecule has 1 N–H and O–H groups in total. The third kappa shape index (κ3) is 4.98. The lowest BCUT2D eigenvalue weighted by Crippen LogP contribution is -2.28. The van der Waals surface area contributed by atoms with E-state index in [-0.39, 0.29) is 37.8 Å². The Labute approximate surface area is 145 Å².